The Balaban J connectivity index is 1.52. The molecule has 2 aliphatic rings. The minimum atomic E-state index is -3.18. The molecule has 1 aromatic heterocycles. The van der Waals surface area contributed by atoms with Crippen molar-refractivity contribution >= 4 is 27.3 Å². The summed E-state index contributed by atoms with van der Waals surface area (Å²) in [5.74, 6) is 0.777. The van der Waals surface area contributed by atoms with E-state index < -0.39 is 10.0 Å². The highest BCUT2D eigenvalue weighted by molar-refractivity contribution is 7.89. The summed E-state index contributed by atoms with van der Waals surface area (Å²) in [7, 11) is -3.18. The van der Waals surface area contributed by atoms with Crippen molar-refractivity contribution in [3.8, 4) is 5.75 Å². The van der Waals surface area contributed by atoms with E-state index in [4.69, 9.17) is 16.3 Å². The number of anilines is 1. The zero-order valence-corrected chi connectivity index (χ0v) is 18.5. The van der Waals surface area contributed by atoms with Gasteiger partial charge in [-0.1, -0.05) is 17.7 Å². The Bertz CT molecular complexity index is 1030. The molecule has 1 fully saturated rings. The normalized spacial score (nSPS) is 21.4. The van der Waals surface area contributed by atoms with Crippen molar-refractivity contribution in [2.45, 2.75) is 45.4 Å². The zero-order valence-electron chi connectivity index (χ0n) is 16.9. The molecule has 0 bridgehead atoms. The van der Waals surface area contributed by atoms with Crippen LogP contribution in [0.3, 0.4) is 0 Å². The summed E-state index contributed by atoms with van der Waals surface area (Å²) in [6.07, 6.45) is 4.05. The molecule has 0 amide bonds. The fraction of sp³-hybridized carbons (Fsp3) is 0.476. The van der Waals surface area contributed by atoms with E-state index in [1.807, 2.05) is 24.4 Å². The Kier molecular flexibility index (Phi) is 5.25. The van der Waals surface area contributed by atoms with Gasteiger partial charge in [-0.05, 0) is 50.5 Å². The molecule has 0 N–H and O–H groups in total. The van der Waals surface area contributed by atoms with Crippen LogP contribution in [0.25, 0.3) is 0 Å². The molecular weight excluding hydrogens is 410 g/mol. The lowest BCUT2D eigenvalue weighted by molar-refractivity contribution is 0.214. The topological polar surface area (TPSA) is 62.7 Å². The van der Waals surface area contributed by atoms with Crippen LogP contribution in [0.4, 0.5) is 5.69 Å². The molecular formula is C21H26ClN3O3S. The van der Waals surface area contributed by atoms with Crippen LogP contribution >= 0.6 is 11.6 Å². The summed E-state index contributed by atoms with van der Waals surface area (Å²) in [4.78, 5) is 6.66. The Morgan fingerprint density at radius 2 is 2.07 bits per heavy atom. The fourth-order valence-corrected chi connectivity index (χ4v) is 5.54. The highest BCUT2D eigenvalue weighted by atomic mass is 35.5. The molecule has 6 nitrogen and oxygen atoms in total. The van der Waals surface area contributed by atoms with Crippen LogP contribution in [0.2, 0.25) is 5.02 Å². The van der Waals surface area contributed by atoms with E-state index >= 15 is 0 Å². The minimum absolute atomic E-state index is 0.116. The van der Waals surface area contributed by atoms with Crippen LogP contribution in [0.1, 0.15) is 38.3 Å². The molecule has 1 atom stereocenters. The Hall–Kier alpha value is -1.83. The number of sulfonamides is 1. The average Bonchev–Trinajstić information content (AvgIpc) is 3.25. The molecule has 3 heterocycles. The van der Waals surface area contributed by atoms with Gasteiger partial charge in [0.25, 0.3) is 0 Å². The van der Waals surface area contributed by atoms with Gasteiger partial charge in [0.1, 0.15) is 11.9 Å². The first-order valence-corrected chi connectivity index (χ1v) is 11.9. The first-order chi connectivity index (χ1) is 13.7. The Morgan fingerprint density at radius 3 is 2.83 bits per heavy atom. The molecule has 156 valence electrons. The van der Waals surface area contributed by atoms with Gasteiger partial charge in [0.15, 0.2) is 0 Å². The number of pyridine rings is 1. The van der Waals surface area contributed by atoms with Crippen LogP contribution in [0.15, 0.2) is 36.7 Å². The maximum absolute atomic E-state index is 12.1. The monoisotopic (exact) mass is 435 g/mol. The van der Waals surface area contributed by atoms with E-state index in [0.717, 1.165) is 17.3 Å². The molecule has 29 heavy (non-hydrogen) atoms. The maximum atomic E-state index is 12.1. The number of rotatable bonds is 5. The van der Waals surface area contributed by atoms with E-state index in [-0.39, 0.29) is 17.4 Å². The molecule has 1 saturated heterocycles. The second-order valence-electron chi connectivity index (χ2n) is 8.11. The third-order valence-electron chi connectivity index (χ3n) is 5.91. The van der Waals surface area contributed by atoms with Crippen molar-refractivity contribution in [1.82, 2.24) is 9.29 Å². The van der Waals surface area contributed by atoms with Crippen LogP contribution in [-0.4, -0.2) is 42.7 Å². The predicted octanol–water partition coefficient (Wildman–Crippen LogP) is 3.79. The molecule has 8 heteroatoms. The van der Waals surface area contributed by atoms with Gasteiger partial charge in [-0.25, -0.2) is 8.42 Å². The molecule has 2 aromatic rings. The number of hydrogen-bond donors (Lipinski definition) is 0. The van der Waals surface area contributed by atoms with Crippen LogP contribution in [-0.2, 0) is 22.1 Å². The van der Waals surface area contributed by atoms with Gasteiger partial charge < -0.3 is 9.64 Å². The Labute approximate surface area is 177 Å². The number of ether oxygens (including phenoxy) is 1. The summed E-state index contributed by atoms with van der Waals surface area (Å²) >= 11 is 6.22. The molecule has 0 aliphatic carbocycles. The minimum Gasteiger partial charge on any atom is -0.487 e. The zero-order chi connectivity index (χ0) is 20.8. The van der Waals surface area contributed by atoms with E-state index in [0.29, 0.717) is 25.3 Å². The molecule has 1 aromatic carbocycles. The molecule has 0 unspecified atom stereocenters. The SMILES string of the molecule is CCS(=O)(=O)N1CC[C@H](Oc2cncc(N3Cc4ccc(Cl)cc4C3(C)C)c2)C1. The molecule has 0 spiro atoms. The van der Waals surface area contributed by atoms with Gasteiger partial charge in [0.2, 0.25) is 10.0 Å². The smallest absolute Gasteiger partial charge is 0.213 e. The third kappa shape index (κ3) is 3.83. The number of benzene rings is 1. The lowest BCUT2D eigenvalue weighted by Gasteiger charge is -2.34. The number of fused-ring (bicyclic) bond motifs is 1. The van der Waals surface area contributed by atoms with Gasteiger partial charge in [-0.2, -0.15) is 4.31 Å². The number of halogens is 1. The summed E-state index contributed by atoms with van der Waals surface area (Å²) in [5.41, 5.74) is 3.21. The highest BCUT2D eigenvalue weighted by Crippen LogP contribution is 2.43. The summed E-state index contributed by atoms with van der Waals surface area (Å²) in [6.45, 7) is 7.68. The van der Waals surface area contributed by atoms with E-state index in [1.165, 1.54) is 15.4 Å². The summed E-state index contributed by atoms with van der Waals surface area (Å²) in [5, 5.41) is 0.738. The molecule has 0 saturated carbocycles. The van der Waals surface area contributed by atoms with E-state index in [1.54, 1.807) is 13.1 Å². The second kappa shape index (κ2) is 7.45. The van der Waals surface area contributed by atoms with Gasteiger partial charge in [0.05, 0.1) is 35.9 Å². The fourth-order valence-electron chi connectivity index (χ4n) is 4.22. The lowest BCUT2D eigenvalue weighted by Crippen LogP contribution is -2.35. The summed E-state index contributed by atoms with van der Waals surface area (Å²) < 4.78 is 31.8. The molecule has 4 rings (SSSR count). The van der Waals surface area contributed by atoms with E-state index in [2.05, 4.69) is 29.8 Å². The highest BCUT2D eigenvalue weighted by Gasteiger charge is 2.38. The lowest BCUT2D eigenvalue weighted by atomic mass is 9.93. The van der Waals surface area contributed by atoms with Crippen molar-refractivity contribution < 1.29 is 13.2 Å². The van der Waals surface area contributed by atoms with Crippen molar-refractivity contribution in [3.63, 3.8) is 0 Å². The third-order valence-corrected chi connectivity index (χ3v) is 8.00. The predicted molar refractivity (Wildman–Crippen MR) is 115 cm³/mol. The van der Waals surface area contributed by atoms with Gasteiger partial charge >= 0.3 is 0 Å². The van der Waals surface area contributed by atoms with Gasteiger partial charge in [0, 0.05) is 24.2 Å². The quantitative estimate of drug-likeness (QED) is 0.714. The van der Waals surface area contributed by atoms with Crippen molar-refractivity contribution in [2.75, 3.05) is 23.7 Å². The van der Waals surface area contributed by atoms with Crippen LogP contribution in [0, 0.1) is 0 Å². The second-order valence-corrected chi connectivity index (χ2v) is 10.8. The number of aromatic nitrogens is 1. The summed E-state index contributed by atoms with van der Waals surface area (Å²) in [6, 6.07) is 8.02. The van der Waals surface area contributed by atoms with Crippen LogP contribution in [0.5, 0.6) is 5.75 Å². The first-order valence-electron chi connectivity index (χ1n) is 9.87. The average molecular weight is 436 g/mol. The van der Waals surface area contributed by atoms with Crippen molar-refractivity contribution in [2.24, 2.45) is 0 Å². The van der Waals surface area contributed by atoms with Crippen molar-refractivity contribution in [1.29, 1.82) is 0 Å². The largest absolute Gasteiger partial charge is 0.487 e. The standard InChI is InChI=1S/C21H26ClN3O3S/c1-4-29(26,27)24-8-7-18(14-24)28-19-10-17(11-23-12-19)25-13-15-5-6-16(22)9-20(15)21(25,2)3/h5-6,9-12,18H,4,7-8,13-14H2,1-3H3/t18-/m0/s1. The van der Waals surface area contributed by atoms with Gasteiger partial charge in [-0.3, -0.25) is 4.98 Å². The van der Waals surface area contributed by atoms with E-state index in [9.17, 15) is 8.42 Å². The molecule has 0 radical (unpaired) electrons. The number of nitrogens with zero attached hydrogens (tertiary/aromatic N) is 3. The van der Waals surface area contributed by atoms with Crippen LogP contribution < -0.4 is 9.64 Å². The maximum Gasteiger partial charge on any atom is 0.213 e. The molecule has 2 aliphatic heterocycles. The van der Waals surface area contributed by atoms with Crippen molar-refractivity contribution in [3.05, 3.63) is 52.8 Å². The first kappa shape index (κ1) is 20.4. The van der Waals surface area contributed by atoms with Gasteiger partial charge in [-0.15, -0.1) is 0 Å². The Morgan fingerprint density at radius 1 is 1.28 bits per heavy atom. The number of hydrogen-bond acceptors (Lipinski definition) is 5.